The summed E-state index contributed by atoms with van der Waals surface area (Å²) in [6.07, 6.45) is 0. The minimum atomic E-state index is -0.180. The first kappa shape index (κ1) is 14.5. The molecule has 1 aromatic heterocycles. The van der Waals surface area contributed by atoms with Gasteiger partial charge in [-0.3, -0.25) is 4.79 Å². The van der Waals surface area contributed by atoms with Gasteiger partial charge in [0.2, 0.25) is 0 Å². The second kappa shape index (κ2) is 5.64. The summed E-state index contributed by atoms with van der Waals surface area (Å²) in [6, 6.07) is 14.8. The van der Waals surface area contributed by atoms with E-state index in [0.717, 1.165) is 11.1 Å². The van der Waals surface area contributed by atoms with Crippen LogP contribution in [0.2, 0.25) is 0 Å². The summed E-state index contributed by atoms with van der Waals surface area (Å²) < 4.78 is 5.62. The van der Waals surface area contributed by atoms with Crippen LogP contribution in [0.15, 0.2) is 51.7 Å². The summed E-state index contributed by atoms with van der Waals surface area (Å²) in [4.78, 5) is 12.0. The van der Waals surface area contributed by atoms with Gasteiger partial charge in [-0.1, -0.05) is 29.8 Å². The van der Waals surface area contributed by atoms with Crippen molar-refractivity contribution in [2.45, 2.75) is 6.92 Å². The summed E-state index contributed by atoms with van der Waals surface area (Å²) >= 11 is 0. The van der Waals surface area contributed by atoms with E-state index in [4.69, 9.17) is 4.42 Å². The van der Waals surface area contributed by atoms with Gasteiger partial charge in [0.25, 0.3) is 0 Å². The average molecular weight is 347 g/mol. The third kappa shape index (κ3) is 2.54. The van der Waals surface area contributed by atoms with Gasteiger partial charge in [-0.25, -0.2) is 0 Å². The minimum Gasteiger partial charge on any atom is -0.530 e. The maximum Gasteiger partial charge on any atom is 0.169 e. The maximum absolute atomic E-state index is 12.0. The van der Waals surface area contributed by atoms with Gasteiger partial charge in [0.1, 0.15) is 5.76 Å². The molecule has 0 spiro atoms. The predicted octanol–water partition coefficient (Wildman–Crippen LogP) is 3.27. The number of rotatable bonds is 1. The number of benzene rings is 2. The van der Waals surface area contributed by atoms with Crippen molar-refractivity contribution in [3.8, 4) is 17.1 Å². The van der Waals surface area contributed by atoms with Crippen molar-refractivity contribution < 1.29 is 30.6 Å². The van der Waals surface area contributed by atoms with E-state index in [-0.39, 0.29) is 37.8 Å². The van der Waals surface area contributed by atoms with Crippen LogP contribution in [-0.4, -0.2) is 5.11 Å². The van der Waals surface area contributed by atoms with Gasteiger partial charge >= 0.3 is 0 Å². The topological polar surface area (TPSA) is 50.4 Å². The molecule has 0 unspecified atom stereocenters. The van der Waals surface area contributed by atoms with Gasteiger partial charge in [0.05, 0.1) is 5.58 Å². The monoisotopic (exact) mass is 349 g/mol. The third-order valence-electron chi connectivity index (χ3n) is 3.01. The van der Waals surface area contributed by atoms with E-state index in [1.807, 2.05) is 31.2 Å². The molecule has 1 heterocycles. The molecule has 100 valence electrons. The van der Waals surface area contributed by atoms with Crippen LogP contribution in [0.25, 0.3) is 22.3 Å². The Kier molecular flexibility index (Phi) is 4.10. The Morgan fingerprint density at radius 1 is 1.15 bits per heavy atom. The molecule has 0 atom stereocenters. The van der Waals surface area contributed by atoms with Gasteiger partial charge < -0.3 is 9.52 Å². The second-order valence-corrected chi connectivity index (χ2v) is 4.41. The largest absolute Gasteiger partial charge is 0.530 e. The number of aromatic hydroxyl groups is 1. The van der Waals surface area contributed by atoms with Crippen molar-refractivity contribution in [3.05, 3.63) is 64.3 Å². The SMILES string of the molecule is Cc1ccc(-c2cc(=O)c3cc[c-]c(O)c3o2)cc1.[Mo]. The van der Waals surface area contributed by atoms with Crippen LogP contribution in [0.4, 0.5) is 0 Å². The molecule has 0 aliphatic heterocycles. The molecule has 3 rings (SSSR count). The summed E-state index contributed by atoms with van der Waals surface area (Å²) in [7, 11) is 0. The van der Waals surface area contributed by atoms with Gasteiger partial charge in [-0.15, -0.1) is 6.07 Å². The fourth-order valence-electron chi connectivity index (χ4n) is 1.97. The Balaban J connectivity index is 0.00000147. The molecular formula is C16H11MoO3-. The number of fused-ring (bicyclic) bond motifs is 1. The van der Waals surface area contributed by atoms with Gasteiger partial charge in [-0.05, 0) is 12.3 Å². The summed E-state index contributed by atoms with van der Waals surface area (Å²) in [5.74, 6) is 0.288. The van der Waals surface area contributed by atoms with E-state index in [9.17, 15) is 9.90 Å². The van der Waals surface area contributed by atoms with Gasteiger partial charge in [-0.2, -0.15) is 12.1 Å². The van der Waals surface area contributed by atoms with E-state index >= 15 is 0 Å². The van der Waals surface area contributed by atoms with Crippen molar-refractivity contribution in [2.24, 2.45) is 0 Å². The van der Waals surface area contributed by atoms with Crippen LogP contribution in [0.5, 0.6) is 5.75 Å². The molecule has 2 aromatic carbocycles. The first-order chi connectivity index (χ1) is 9.15. The average Bonchev–Trinajstić information content (AvgIpc) is 2.41. The summed E-state index contributed by atoms with van der Waals surface area (Å²) in [6.45, 7) is 1.99. The van der Waals surface area contributed by atoms with E-state index < -0.39 is 0 Å². The quantitative estimate of drug-likeness (QED) is 0.543. The molecule has 0 bridgehead atoms. The second-order valence-electron chi connectivity index (χ2n) is 4.41. The Hall–Kier alpha value is -1.86. The Morgan fingerprint density at radius 3 is 2.55 bits per heavy atom. The van der Waals surface area contributed by atoms with Crippen LogP contribution < -0.4 is 5.43 Å². The number of hydrogen-bond donors (Lipinski definition) is 1. The van der Waals surface area contributed by atoms with Crippen molar-refractivity contribution in [3.63, 3.8) is 0 Å². The Morgan fingerprint density at radius 2 is 1.85 bits per heavy atom. The third-order valence-corrected chi connectivity index (χ3v) is 3.01. The van der Waals surface area contributed by atoms with Crippen molar-refractivity contribution in [1.82, 2.24) is 0 Å². The predicted molar refractivity (Wildman–Crippen MR) is 73.2 cm³/mol. The van der Waals surface area contributed by atoms with Gasteiger partial charge in [0.15, 0.2) is 5.43 Å². The minimum absolute atomic E-state index is 0. The fraction of sp³-hybridized carbons (Fsp3) is 0.0625. The Bertz CT molecular complexity index is 804. The van der Waals surface area contributed by atoms with Crippen molar-refractivity contribution in [1.29, 1.82) is 0 Å². The fourth-order valence-corrected chi connectivity index (χ4v) is 1.97. The zero-order valence-electron chi connectivity index (χ0n) is 10.7. The number of phenols is 1. The zero-order chi connectivity index (χ0) is 13.4. The molecule has 0 amide bonds. The first-order valence-corrected chi connectivity index (χ1v) is 5.90. The maximum atomic E-state index is 12.0. The molecule has 3 nitrogen and oxygen atoms in total. The van der Waals surface area contributed by atoms with Crippen molar-refractivity contribution in [2.75, 3.05) is 0 Å². The van der Waals surface area contributed by atoms with Crippen LogP contribution >= 0.6 is 0 Å². The molecule has 0 saturated heterocycles. The molecular weight excluding hydrogens is 336 g/mol. The van der Waals surface area contributed by atoms with E-state index in [1.165, 1.54) is 12.1 Å². The summed E-state index contributed by atoms with van der Waals surface area (Å²) in [5, 5.41) is 10.1. The Labute approximate surface area is 130 Å². The van der Waals surface area contributed by atoms with Crippen molar-refractivity contribution >= 4 is 11.0 Å². The van der Waals surface area contributed by atoms with Gasteiger partial charge in [0, 0.05) is 38.4 Å². The van der Waals surface area contributed by atoms with E-state index in [2.05, 4.69) is 6.07 Å². The molecule has 1 N–H and O–H groups in total. The normalized spacial score (nSPS) is 10.2. The zero-order valence-corrected chi connectivity index (χ0v) is 12.7. The number of hydrogen-bond acceptors (Lipinski definition) is 3. The van der Waals surface area contributed by atoms with Crippen LogP contribution in [-0.2, 0) is 21.1 Å². The molecule has 0 aliphatic carbocycles. The first-order valence-electron chi connectivity index (χ1n) is 5.90. The molecule has 3 aromatic rings. The van der Waals surface area contributed by atoms with Crippen LogP contribution in [0.3, 0.4) is 0 Å². The van der Waals surface area contributed by atoms with E-state index in [0.29, 0.717) is 11.1 Å². The van der Waals surface area contributed by atoms with E-state index in [1.54, 1.807) is 6.07 Å². The standard InChI is InChI=1S/C16H11O3.Mo/c1-10-5-7-11(8-6-10)15-9-14(18)12-3-2-4-13(17)16(12)19-15;/h2-3,5-9,17H,1H3;/q-1;. The summed E-state index contributed by atoms with van der Waals surface area (Å²) in [5.41, 5.74) is 1.92. The number of aryl methyl sites for hydroxylation is 1. The van der Waals surface area contributed by atoms with Crippen LogP contribution in [0.1, 0.15) is 5.56 Å². The molecule has 0 aliphatic rings. The molecule has 0 radical (unpaired) electrons. The molecule has 0 saturated carbocycles. The molecule has 4 heteroatoms. The smallest absolute Gasteiger partial charge is 0.169 e. The number of phenolic OH excluding ortho intramolecular Hbond substituents is 1. The molecule has 20 heavy (non-hydrogen) atoms. The van der Waals surface area contributed by atoms with Crippen LogP contribution in [0, 0.1) is 13.0 Å². The molecule has 0 fully saturated rings.